The molecule has 0 spiro atoms. The van der Waals surface area contributed by atoms with E-state index in [2.05, 4.69) is 25.7 Å². The molecule has 0 aliphatic heterocycles. The van der Waals surface area contributed by atoms with Crippen LogP contribution in [0.15, 0.2) is 60.1 Å². The SMILES string of the molecule is Cc1nncn1-c1cccc(NC(=O)CSc2nnc3ccccn23)c1. The summed E-state index contributed by atoms with van der Waals surface area (Å²) in [5.41, 5.74) is 2.36. The van der Waals surface area contributed by atoms with E-state index in [9.17, 15) is 4.79 Å². The van der Waals surface area contributed by atoms with Crippen molar-refractivity contribution in [1.29, 1.82) is 0 Å². The molecule has 0 fully saturated rings. The predicted molar refractivity (Wildman–Crippen MR) is 98.4 cm³/mol. The summed E-state index contributed by atoms with van der Waals surface area (Å²) in [7, 11) is 0. The number of carbonyl (C=O) groups is 1. The van der Waals surface area contributed by atoms with Crippen LogP contribution in [-0.2, 0) is 4.79 Å². The maximum atomic E-state index is 12.3. The standard InChI is InChI=1S/C17H15N7OS/c1-12-20-18-11-24(12)14-6-4-5-13(9-14)19-16(25)10-26-17-22-21-15-7-2-3-8-23(15)17/h2-9,11H,10H2,1H3,(H,19,25). The maximum Gasteiger partial charge on any atom is 0.234 e. The Kier molecular flexibility index (Phi) is 4.36. The fraction of sp³-hybridized carbons (Fsp3) is 0.118. The molecule has 0 saturated heterocycles. The molecule has 4 rings (SSSR count). The van der Waals surface area contributed by atoms with Gasteiger partial charge in [-0.1, -0.05) is 23.9 Å². The lowest BCUT2D eigenvalue weighted by Gasteiger charge is -2.08. The van der Waals surface area contributed by atoms with Crippen molar-refractivity contribution in [1.82, 2.24) is 29.4 Å². The van der Waals surface area contributed by atoms with Gasteiger partial charge >= 0.3 is 0 Å². The largest absolute Gasteiger partial charge is 0.325 e. The van der Waals surface area contributed by atoms with Crippen molar-refractivity contribution in [2.45, 2.75) is 12.1 Å². The predicted octanol–water partition coefficient (Wildman–Crippen LogP) is 2.35. The van der Waals surface area contributed by atoms with Gasteiger partial charge in [-0.05, 0) is 37.3 Å². The minimum atomic E-state index is -0.111. The Balaban J connectivity index is 1.43. The third-order valence-corrected chi connectivity index (χ3v) is 4.68. The number of anilines is 1. The smallest absolute Gasteiger partial charge is 0.234 e. The molecule has 1 aromatic carbocycles. The molecule has 9 heteroatoms. The summed E-state index contributed by atoms with van der Waals surface area (Å²) in [5, 5.41) is 19.6. The average molecular weight is 365 g/mol. The van der Waals surface area contributed by atoms with E-state index in [-0.39, 0.29) is 11.7 Å². The van der Waals surface area contributed by atoms with E-state index in [1.807, 2.05) is 64.6 Å². The first kappa shape index (κ1) is 16.3. The number of nitrogens with zero attached hydrogens (tertiary/aromatic N) is 6. The van der Waals surface area contributed by atoms with Crippen LogP contribution in [0.3, 0.4) is 0 Å². The number of rotatable bonds is 5. The van der Waals surface area contributed by atoms with Crippen molar-refractivity contribution < 1.29 is 4.79 Å². The molecule has 3 heterocycles. The van der Waals surface area contributed by atoms with Crippen LogP contribution < -0.4 is 5.32 Å². The molecule has 26 heavy (non-hydrogen) atoms. The molecule has 1 N–H and O–H groups in total. The fourth-order valence-electron chi connectivity index (χ4n) is 2.52. The Hall–Kier alpha value is -3.20. The minimum Gasteiger partial charge on any atom is -0.325 e. The van der Waals surface area contributed by atoms with Crippen molar-refractivity contribution in [3.8, 4) is 5.69 Å². The van der Waals surface area contributed by atoms with Gasteiger partial charge in [0.15, 0.2) is 10.8 Å². The number of nitrogens with one attached hydrogen (secondary N) is 1. The van der Waals surface area contributed by atoms with Gasteiger partial charge in [0.1, 0.15) is 12.2 Å². The highest BCUT2D eigenvalue weighted by atomic mass is 32.2. The lowest BCUT2D eigenvalue weighted by molar-refractivity contribution is -0.113. The van der Waals surface area contributed by atoms with Crippen molar-refractivity contribution in [2.75, 3.05) is 11.1 Å². The zero-order chi connectivity index (χ0) is 17.9. The molecule has 0 aliphatic carbocycles. The van der Waals surface area contributed by atoms with Crippen LogP contribution in [0.2, 0.25) is 0 Å². The summed E-state index contributed by atoms with van der Waals surface area (Å²) >= 11 is 1.34. The fourth-order valence-corrected chi connectivity index (χ4v) is 3.25. The minimum absolute atomic E-state index is 0.111. The number of fused-ring (bicyclic) bond motifs is 1. The van der Waals surface area contributed by atoms with Gasteiger partial charge in [-0.2, -0.15) is 0 Å². The molecule has 130 valence electrons. The number of pyridine rings is 1. The Morgan fingerprint density at radius 1 is 1.15 bits per heavy atom. The number of thioether (sulfide) groups is 1. The van der Waals surface area contributed by atoms with E-state index in [1.54, 1.807) is 6.33 Å². The van der Waals surface area contributed by atoms with Crippen molar-refractivity contribution in [3.05, 3.63) is 60.8 Å². The molecule has 0 unspecified atom stereocenters. The number of amides is 1. The van der Waals surface area contributed by atoms with Gasteiger partial charge in [-0.25, -0.2) is 0 Å². The van der Waals surface area contributed by atoms with Crippen LogP contribution in [0.25, 0.3) is 11.3 Å². The molecular weight excluding hydrogens is 350 g/mol. The van der Waals surface area contributed by atoms with Gasteiger partial charge in [0.05, 0.1) is 11.4 Å². The highest BCUT2D eigenvalue weighted by molar-refractivity contribution is 7.99. The Morgan fingerprint density at radius 3 is 2.92 bits per heavy atom. The second kappa shape index (κ2) is 6.96. The first-order valence-corrected chi connectivity index (χ1v) is 8.89. The average Bonchev–Trinajstić information content (AvgIpc) is 3.26. The Morgan fingerprint density at radius 2 is 2.08 bits per heavy atom. The molecule has 0 saturated carbocycles. The lowest BCUT2D eigenvalue weighted by Crippen LogP contribution is -2.14. The van der Waals surface area contributed by atoms with Gasteiger partial charge in [0.2, 0.25) is 5.91 Å². The monoisotopic (exact) mass is 365 g/mol. The molecule has 0 bridgehead atoms. The van der Waals surface area contributed by atoms with Crippen LogP contribution >= 0.6 is 11.8 Å². The third-order valence-electron chi connectivity index (χ3n) is 3.74. The van der Waals surface area contributed by atoms with Crippen molar-refractivity contribution in [2.24, 2.45) is 0 Å². The second-order valence-electron chi connectivity index (χ2n) is 5.55. The molecule has 0 aliphatic rings. The van der Waals surface area contributed by atoms with E-state index in [4.69, 9.17) is 0 Å². The Labute approximate surface area is 153 Å². The molecule has 4 aromatic rings. The van der Waals surface area contributed by atoms with Crippen LogP contribution in [-0.4, -0.2) is 41.0 Å². The number of hydrogen-bond donors (Lipinski definition) is 1. The van der Waals surface area contributed by atoms with Gasteiger partial charge in [-0.3, -0.25) is 13.8 Å². The summed E-state index contributed by atoms with van der Waals surface area (Å²) in [4.78, 5) is 12.3. The summed E-state index contributed by atoms with van der Waals surface area (Å²) < 4.78 is 3.71. The lowest BCUT2D eigenvalue weighted by atomic mass is 10.2. The van der Waals surface area contributed by atoms with Crippen LogP contribution in [0, 0.1) is 6.92 Å². The normalized spacial score (nSPS) is 11.0. The number of carbonyl (C=O) groups excluding carboxylic acids is 1. The van der Waals surface area contributed by atoms with Gasteiger partial charge in [0, 0.05) is 11.9 Å². The maximum absolute atomic E-state index is 12.3. The second-order valence-corrected chi connectivity index (χ2v) is 6.49. The van der Waals surface area contributed by atoms with Crippen molar-refractivity contribution in [3.63, 3.8) is 0 Å². The van der Waals surface area contributed by atoms with Crippen molar-refractivity contribution >= 4 is 29.0 Å². The number of benzene rings is 1. The van der Waals surface area contributed by atoms with E-state index in [0.717, 1.165) is 17.2 Å². The van der Waals surface area contributed by atoms with E-state index < -0.39 is 0 Å². The van der Waals surface area contributed by atoms with Gasteiger partial charge in [-0.15, -0.1) is 20.4 Å². The van der Waals surface area contributed by atoms with Gasteiger partial charge < -0.3 is 5.32 Å². The summed E-state index contributed by atoms with van der Waals surface area (Å²) in [6.07, 6.45) is 3.52. The highest BCUT2D eigenvalue weighted by Gasteiger charge is 2.10. The summed E-state index contributed by atoms with van der Waals surface area (Å²) in [6.45, 7) is 1.87. The summed E-state index contributed by atoms with van der Waals surface area (Å²) in [6, 6.07) is 13.2. The van der Waals surface area contributed by atoms with E-state index >= 15 is 0 Å². The number of aromatic nitrogens is 6. The highest BCUT2D eigenvalue weighted by Crippen LogP contribution is 2.19. The summed E-state index contributed by atoms with van der Waals surface area (Å²) in [5.74, 6) is 0.911. The van der Waals surface area contributed by atoms with E-state index in [0.29, 0.717) is 10.8 Å². The first-order chi connectivity index (χ1) is 12.7. The molecule has 0 radical (unpaired) electrons. The van der Waals surface area contributed by atoms with Crippen LogP contribution in [0.4, 0.5) is 5.69 Å². The van der Waals surface area contributed by atoms with E-state index in [1.165, 1.54) is 11.8 Å². The zero-order valence-electron chi connectivity index (χ0n) is 13.9. The molecule has 8 nitrogen and oxygen atoms in total. The molecule has 0 atom stereocenters. The first-order valence-electron chi connectivity index (χ1n) is 7.90. The molecule has 3 aromatic heterocycles. The van der Waals surface area contributed by atoms with Gasteiger partial charge in [0.25, 0.3) is 0 Å². The molecular formula is C17H15N7OS. The number of hydrogen-bond acceptors (Lipinski definition) is 6. The Bertz CT molecular complexity index is 1070. The number of aryl methyl sites for hydroxylation is 1. The quantitative estimate of drug-likeness (QED) is 0.546. The zero-order valence-corrected chi connectivity index (χ0v) is 14.7. The molecule has 1 amide bonds. The van der Waals surface area contributed by atoms with Crippen LogP contribution in [0.1, 0.15) is 5.82 Å². The third kappa shape index (κ3) is 3.29. The topological polar surface area (TPSA) is 90.0 Å². The van der Waals surface area contributed by atoms with Crippen LogP contribution in [0.5, 0.6) is 0 Å².